The standard InChI is InChI=1S/C52H45N5O13/c1-29(2)70-48-37(17-24-41(47(48)62)44(59)25-30-5-9-36(10-6-30)52(66)67)27-43(58)32-7-3-31(4-8-32)26-45(60)42(28-46(53)61)56-51(65)34-13-20-39(21-14-34)54-49(63)33-11-18-38(19-12-33)55-50(64)35-15-22-40(23-16-35)57(68)69/h3-24,29,42,62H,25-28H2,1-2H3,(H2,53,61)(H,54,63)(H,55,64)(H,56,65)(H,66,67)/t42-/m0/s1. The number of nitro groups is 1. The number of ether oxygens (including phenoxy) is 1. The first-order chi connectivity index (χ1) is 33.3. The Hall–Kier alpha value is -9.32. The molecular weight excluding hydrogens is 903 g/mol. The molecule has 0 heterocycles. The monoisotopic (exact) mass is 947 g/mol. The van der Waals surface area contributed by atoms with Crippen LogP contribution in [0.15, 0.2) is 133 Å². The maximum absolute atomic E-state index is 13.5. The number of hydrogen-bond donors (Lipinski definition) is 6. The molecule has 6 rings (SSSR count). The summed E-state index contributed by atoms with van der Waals surface area (Å²) in [6, 6.07) is 30.3. The first kappa shape index (κ1) is 50.1. The van der Waals surface area contributed by atoms with Crippen molar-refractivity contribution in [1.29, 1.82) is 0 Å². The summed E-state index contributed by atoms with van der Waals surface area (Å²) < 4.78 is 5.87. The lowest BCUT2D eigenvalue weighted by atomic mass is 9.95. The second-order valence-corrected chi connectivity index (χ2v) is 16.2. The summed E-state index contributed by atoms with van der Waals surface area (Å²) in [7, 11) is 0. The highest BCUT2D eigenvalue weighted by molar-refractivity contribution is 6.07. The van der Waals surface area contributed by atoms with Crippen molar-refractivity contribution in [3.63, 3.8) is 0 Å². The Kier molecular flexibility index (Phi) is 16.1. The van der Waals surface area contributed by atoms with Crippen molar-refractivity contribution in [2.24, 2.45) is 5.73 Å². The number of benzene rings is 6. The number of hydrogen-bond acceptors (Lipinski definition) is 12. The Morgan fingerprint density at radius 2 is 1.07 bits per heavy atom. The first-order valence-electron chi connectivity index (χ1n) is 21.5. The van der Waals surface area contributed by atoms with E-state index in [0.29, 0.717) is 28.1 Å². The van der Waals surface area contributed by atoms with Gasteiger partial charge in [0, 0.05) is 70.6 Å². The molecule has 0 aliphatic carbocycles. The molecular formula is C52H45N5O13. The minimum absolute atomic E-state index is 0.0303. The number of ketones is 3. The van der Waals surface area contributed by atoms with E-state index >= 15 is 0 Å². The summed E-state index contributed by atoms with van der Waals surface area (Å²) >= 11 is 0. The number of carboxylic acids is 1. The lowest BCUT2D eigenvalue weighted by Crippen LogP contribution is -2.44. The summed E-state index contributed by atoms with van der Waals surface area (Å²) in [4.78, 5) is 112. The number of carboxylic acid groups (broad SMARTS) is 1. The number of carbonyl (C=O) groups excluding carboxylic acids is 7. The van der Waals surface area contributed by atoms with Gasteiger partial charge in [0.1, 0.15) is 0 Å². The van der Waals surface area contributed by atoms with Crippen LogP contribution in [0, 0.1) is 10.1 Å². The zero-order valence-electron chi connectivity index (χ0n) is 37.6. The van der Waals surface area contributed by atoms with Crippen molar-refractivity contribution in [1.82, 2.24) is 5.32 Å². The number of nitrogens with one attached hydrogen (secondary N) is 3. The van der Waals surface area contributed by atoms with E-state index in [-0.39, 0.29) is 69.9 Å². The van der Waals surface area contributed by atoms with Crippen molar-refractivity contribution in [2.45, 2.75) is 51.7 Å². The van der Waals surface area contributed by atoms with Gasteiger partial charge in [0.2, 0.25) is 5.91 Å². The molecule has 18 nitrogen and oxygen atoms in total. The van der Waals surface area contributed by atoms with Gasteiger partial charge >= 0.3 is 5.97 Å². The number of primary amides is 1. The van der Waals surface area contributed by atoms with Crippen LogP contribution in [-0.4, -0.2) is 74.2 Å². The molecule has 0 bridgehead atoms. The average Bonchev–Trinajstić information content (AvgIpc) is 3.33. The van der Waals surface area contributed by atoms with E-state index in [1.54, 1.807) is 26.0 Å². The van der Waals surface area contributed by atoms with Gasteiger partial charge in [0.25, 0.3) is 23.4 Å². The molecule has 0 fully saturated rings. The zero-order valence-corrected chi connectivity index (χ0v) is 37.6. The molecule has 0 aliphatic rings. The summed E-state index contributed by atoms with van der Waals surface area (Å²) in [5.74, 6) is -5.46. The van der Waals surface area contributed by atoms with Crippen LogP contribution in [0.1, 0.15) is 99.1 Å². The number of anilines is 2. The third-order valence-corrected chi connectivity index (χ3v) is 10.7. The van der Waals surface area contributed by atoms with Gasteiger partial charge in [-0.1, -0.05) is 42.5 Å². The minimum Gasteiger partial charge on any atom is -0.504 e. The second kappa shape index (κ2) is 22.4. The quantitative estimate of drug-likeness (QED) is 0.0243. The topological polar surface area (TPSA) is 292 Å². The van der Waals surface area contributed by atoms with Crippen molar-refractivity contribution >= 4 is 64.0 Å². The fourth-order valence-corrected chi connectivity index (χ4v) is 7.04. The van der Waals surface area contributed by atoms with Crippen molar-refractivity contribution < 1.29 is 58.2 Å². The van der Waals surface area contributed by atoms with Gasteiger partial charge in [-0.2, -0.15) is 0 Å². The number of nitro benzene ring substituents is 1. The number of non-ortho nitro benzene ring substituents is 1. The largest absolute Gasteiger partial charge is 0.504 e. The molecule has 4 amide bonds. The molecule has 0 unspecified atom stereocenters. The van der Waals surface area contributed by atoms with Crippen LogP contribution in [0.5, 0.6) is 11.5 Å². The average molecular weight is 948 g/mol. The number of carbonyl (C=O) groups is 8. The Bertz CT molecular complexity index is 2990. The van der Waals surface area contributed by atoms with Gasteiger partial charge in [0.05, 0.1) is 34.6 Å². The SMILES string of the molecule is CC(C)Oc1c(CC(=O)c2ccc(CC(=O)[C@H](CC(N)=O)NC(=O)c3ccc(NC(=O)c4ccc(NC(=O)c5ccc([N+](=O)[O-])cc5)cc4)cc3)cc2)ccc(C(=O)Cc2ccc(C(=O)O)cc2)c1O. The van der Waals surface area contributed by atoms with Gasteiger partial charge in [-0.3, -0.25) is 43.7 Å². The summed E-state index contributed by atoms with van der Waals surface area (Å²) in [6.07, 6.45) is -1.50. The molecule has 0 saturated carbocycles. The van der Waals surface area contributed by atoms with Crippen molar-refractivity contribution in [3.05, 3.63) is 194 Å². The molecule has 70 heavy (non-hydrogen) atoms. The number of amides is 4. The predicted molar refractivity (Wildman–Crippen MR) is 255 cm³/mol. The number of Topliss-reactive ketones (excluding diaryl/α,β-unsaturated/α-hetero) is 3. The van der Waals surface area contributed by atoms with Crippen LogP contribution < -0.4 is 26.4 Å². The fourth-order valence-electron chi connectivity index (χ4n) is 7.04. The molecule has 6 aromatic rings. The molecule has 0 aromatic heterocycles. The predicted octanol–water partition coefficient (Wildman–Crippen LogP) is 6.93. The lowest BCUT2D eigenvalue weighted by Gasteiger charge is -2.18. The van der Waals surface area contributed by atoms with Crippen molar-refractivity contribution in [3.8, 4) is 11.5 Å². The second-order valence-electron chi connectivity index (χ2n) is 16.2. The van der Waals surface area contributed by atoms with Crippen LogP contribution in [-0.2, 0) is 28.9 Å². The van der Waals surface area contributed by atoms with Crippen LogP contribution in [0.2, 0.25) is 0 Å². The van der Waals surface area contributed by atoms with E-state index in [0.717, 1.165) is 0 Å². The van der Waals surface area contributed by atoms with Gasteiger partial charge < -0.3 is 36.6 Å². The molecule has 6 aromatic carbocycles. The normalized spacial score (nSPS) is 11.2. The maximum atomic E-state index is 13.5. The Morgan fingerprint density at radius 1 is 0.600 bits per heavy atom. The summed E-state index contributed by atoms with van der Waals surface area (Å²) in [5, 5.41) is 39.1. The number of rotatable bonds is 21. The number of aromatic hydroxyl groups is 1. The molecule has 0 saturated heterocycles. The third-order valence-electron chi connectivity index (χ3n) is 10.7. The molecule has 18 heteroatoms. The highest BCUT2D eigenvalue weighted by Gasteiger charge is 2.25. The van der Waals surface area contributed by atoms with Crippen LogP contribution >= 0.6 is 0 Å². The molecule has 0 aliphatic heterocycles. The van der Waals surface area contributed by atoms with Gasteiger partial charge in [-0.15, -0.1) is 0 Å². The number of aromatic carboxylic acids is 1. The number of nitrogens with zero attached hydrogens (tertiary/aromatic N) is 1. The van der Waals surface area contributed by atoms with E-state index < -0.39 is 70.4 Å². The van der Waals surface area contributed by atoms with Crippen LogP contribution in [0.3, 0.4) is 0 Å². The number of nitrogens with two attached hydrogens (primary N) is 1. The molecule has 7 N–H and O–H groups in total. The Labute approximate surface area is 399 Å². The maximum Gasteiger partial charge on any atom is 0.335 e. The summed E-state index contributed by atoms with van der Waals surface area (Å²) in [5.41, 5.74) is 8.15. The first-order valence-corrected chi connectivity index (χ1v) is 21.5. The fraction of sp³-hybridized carbons (Fsp3) is 0.154. The van der Waals surface area contributed by atoms with Crippen LogP contribution in [0.4, 0.5) is 17.1 Å². The minimum atomic E-state index is -1.30. The van der Waals surface area contributed by atoms with E-state index in [1.807, 2.05) is 0 Å². The van der Waals surface area contributed by atoms with E-state index in [4.69, 9.17) is 15.6 Å². The third kappa shape index (κ3) is 13.2. The summed E-state index contributed by atoms with van der Waals surface area (Å²) in [6.45, 7) is 3.44. The van der Waals surface area contributed by atoms with Gasteiger partial charge in [-0.25, -0.2) is 4.79 Å². The highest BCUT2D eigenvalue weighted by atomic mass is 16.6. The van der Waals surface area contributed by atoms with Gasteiger partial charge in [0.15, 0.2) is 28.8 Å². The molecule has 0 radical (unpaired) electrons. The van der Waals surface area contributed by atoms with Crippen LogP contribution in [0.25, 0.3) is 0 Å². The zero-order chi connectivity index (χ0) is 50.6. The van der Waals surface area contributed by atoms with E-state index in [9.17, 15) is 53.6 Å². The Balaban J connectivity index is 1.03. The molecule has 1 atom stereocenters. The smallest absolute Gasteiger partial charge is 0.335 e. The molecule has 0 spiro atoms. The van der Waals surface area contributed by atoms with Crippen molar-refractivity contribution in [2.75, 3.05) is 10.6 Å². The van der Waals surface area contributed by atoms with Gasteiger partial charge in [-0.05, 0) is 104 Å². The van der Waals surface area contributed by atoms with E-state index in [2.05, 4.69) is 16.0 Å². The Morgan fingerprint density at radius 3 is 1.56 bits per heavy atom. The number of phenolic OH excluding ortho intramolecular Hbond substituents is 1. The molecule has 356 valence electrons. The number of phenols is 1. The van der Waals surface area contributed by atoms with E-state index in [1.165, 1.54) is 121 Å². The highest BCUT2D eigenvalue weighted by Crippen LogP contribution is 2.36. The lowest BCUT2D eigenvalue weighted by molar-refractivity contribution is -0.384.